The van der Waals surface area contributed by atoms with Crippen molar-refractivity contribution in [3.8, 4) is 0 Å². The van der Waals surface area contributed by atoms with Crippen molar-refractivity contribution in [2.75, 3.05) is 19.1 Å². The van der Waals surface area contributed by atoms with Gasteiger partial charge in [0.15, 0.2) is 0 Å². The fraction of sp³-hybridized carbons (Fsp3) is 0.500. The summed E-state index contributed by atoms with van der Waals surface area (Å²) in [4.78, 5) is 2.48. The van der Waals surface area contributed by atoms with E-state index < -0.39 is 0 Å². The number of nitrogens with two attached hydrogens (primary N) is 1. The van der Waals surface area contributed by atoms with E-state index in [2.05, 4.69) is 18.1 Å². The number of hydrogen-bond donors (Lipinski definition) is 1. The Morgan fingerprint density at radius 2 is 2.21 bits per heavy atom. The molecule has 1 unspecified atom stereocenters. The molecule has 1 rings (SSSR count). The molecule has 0 amide bonds. The molecule has 0 aliphatic carbocycles. The summed E-state index contributed by atoms with van der Waals surface area (Å²) in [6, 6.07) is 5.26. The monoisotopic (exact) mass is 300 g/mol. The second-order valence-corrected chi connectivity index (χ2v) is 5.95. The van der Waals surface area contributed by atoms with Gasteiger partial charge in [0.2, 0.25) is 0 Å². The minimum Gasteiger partial charge on any atom is -0.389 e. The number of hydrogen-bond acceptors (Lipinski definition) is 3. The Labute approximate surface area is 124 Å². The molecule has 0 radical (unpaired) electrons. The standard InChI is InChI=1S/C14H21FN2S2/c1-4-12(9-19-3)17(2)8-11-7-10(14(16)18)5-6-13(11)15/h5-7,12H,4,8-9H2,1-3H3,(H2,16,18). The number of benzene rings is 1. The van der Waals surface area contributed by atoms with Gasteiger partial charge in [0.05, 0.1) is 0 Å². The minimum atomic E-state index is -0.203. The van der Waals surface area contributed by atoms with Gasteiger partial charge in [0.1, 0.15) is 10.8 Å². The van der Waals surface area contributed by atoms with Gasteiger partial charge in [-0.05, 0) is 37.9 Å². The topological polar surface area (TPSA) is 29.3 Å². The molecule has 1 aromatic carbocycles. The molecule has 0 aromatic heterocycles. The Morgan fingerprint density at radius 3 is 2.74 bits per heavy atom. The molecule has 1 atom stereocenters. The number of nitrogens with zero attached hydrogens (tertiary/aromatic N) is 1. The average Bonchev–Trinajstić information content (AvgIpc) is 2.38. The van der Waals surface area contributed by atoms with Crippen molar-refractivity contribution in [2.45, 2.75) is 25.9 Å². The fourth-order valence-electron chi connectivity index (χ4n) is 2.00. The van der Waals surface area contributed by atoms with Crippen LogP contribution in [0.4, 0.5) is 4.39 Å². The number of halogens is 1. The van der Waals surface area contributed by atoms with Crippen molar-refractivity contribution >= 4 is 29.0 Å². The van der Waals surface area contributed by atoms with Crippen LogP contribution >= 0.6 is 24.0 Å². The van der Waals surface area contributed by atoms with Crippen molar-refractivity contribution < 1.29 is 4.39 Å². The number of rotatable bonds is 7. The van der Waals surface area contributed by atoms with Gasteiger partial charge in [-0.15, -0.1) is 0 Å². The Morgan fingerprint density at radius 1 is 1.53 bits per heavy atom. The zero-order valence-electron chi connectivity index (χ0n) is 11.6. The predicted octanol–water partition coefficient (Wildman–Crippen LogP) is 3.03. The largest absolute Gasteiger partial charge is 0.389 e. The first-order valence-corrected chi connectivity index (χ1v) is 8.07. The van der Waals surface area contributed by atoms with Crippen molar-refractivity contribution in [1.29, 1.82) is 0 Å². The Balaban J connectivity index is 2.85. The van der Waals surface area contributed by atoms with E-state index in [4.69, 9.17) is 18.0 Å². The van der Waals surface area contributed by atoms with Crippen LogP contribution in [0.2, 0.25) is 0 Å². The molecule has 0 heterocycles. The van der Waals surface area contributed by atoms with E-state index in [1.807, 2.05) is 18.8 Å². The normalized spacial score (nSPS) is 12.7. The van der Waals surface area contributed by atoms with Crippen LogP contribution in [-0.4, -0.2) is 35.0 Å². The molecular weight excluding hydrogens is 279 g/mol. The van der Waals surface area contributed by atoms with Gasteiger partial charge in [0, 0.05) is 29.5 Å². The predicted molar refractivity (Wildman–Crippen MR) is 86.2 cm³/mol. The van der Waals surface area contributed by atoms with E-state index in [0.29, 0.717) is 23.1 Å². The molecule has 2 nitrogen and oxygen atoms in total. The molecule has 0 aliphatic rings. The SMILES string of the molecule is CCC(CSC)N(C)Cc1cc(C(N)=S)ccc1F. The Bertz CT molecular complexity index is 437. The maximum atomic E-state index is 13.8. The quantitative estimate of drug-likeness (QED) is 0.784. The highest BCUT2D eigenvalue weighted by Crippen LogP contribution is 2.16. The van der Waals surface area contributed by atoms with Crippen LogP contribution in [0.3, 0.4) is 0 Å². The first-order chi connectivity index (χ1) is 8.99. The summed E-state index contributed by atoms with van der Waals surface area (Å²) in [6.45, 7) is 2.72. The summed E-state index contributed by atoms with van der Waals surface area (Å²) in [5, 5.41) is 0. The lowest BCUT2D eigenvalue weighted by molar-refractivity contribution is 0.244. The summed E-state index contributed by atoms with van der Waals surface area (Å²) < 4.78 is 13.8. The molecule has 0 aliphatic heterocycles. The van der Waals surface area contributed by atoms with Gasteiger partial charge >= 0.3 is 0 Å². The van der Waals surface area contributed by atoms with Crippen LogP contribution in [-0.2, 0) is 6.54 Å². The third-order valence-electron chi connectivity index (χ3n) is 3.20. The average molecular weight is 300 g/mol. The summed E-state index contributed by atoms with van der Waals surface area (Å²) in [5.74, 6) is 0.842. The summed E-state index contributed by atoms with van der Waals surface area (Å²) in [5.41, 5.74) is 6.96. The van der Waals surface area contributed by atoms with Crippen LogP contribution in [0.1, 0.15) is 24.5 Å². The van der Waals surface area contributed by atoms with Gasteiger partial charge in [-0.3, -0.25) is 4.90 Å². The zero-order valence-corrected chi connectivity index (χ0v) is 13.3. The highest BCUT2D eigenvalue weighted by atomic mass is 32.2. The molecule has 2 N–H and O–H groups in total. The van der Waals surface area contributed by atoms with Crippen molar-refractivity contribution in [3.63, 3.8) is 0 Å². The van der Waals surface area contributed by atoms with Gasteiger partial charge in [-0.1, -0.05) is 19.1 Å². The third-order valence-corrected chi connectivity index (χ3v) is 4.16. The molecule has 1 aromatic rings. The Hall–Kier alpha value is -0.650. The first-order valence-electron chi connectivity index (χ1n) is 6.27. The molecule has 106 valence electrons. The summed E-state index contributed by atoms with van der Waals surface area (Å²) in [7, 11) is 2.03. The Kier molecular flexibility index (Phi) is 6.75. The highest BCUT2D eigenvalue weighted by Gasteiger charge is 2.14. The van der Waals surface area contributed by atoms with Crippen LogP contribution < -0.4 is 5.73 Å². The van der Waals surface area contributed by atoms with Crippen molar-refractivity contribution in [1.82, 2.24) is 4.90 Å². The highest BCUT2D eigenvalue weighted by molar-refractivity contribution is 7.98. The van der Waals surface area contributed by atoms with E-state index in [0.717, 1.165) is 17.7 Å². The number of thioether (sulfide) groups is 1. The van der Waals surface area contributed by atoms with Gasteiger partial charge in [0.25, 0.3) is 0 Å². The molecule has 0 bridgehead atoms. The lowest BCUT2D eigenvalue weighted by Crippen LogP contribution is -2.33. The fourth-order valence-corrected chi connectivity index (χ4v) is 3.00. The second kappa shape index (κ2) is 7.82. The van der Waals surface area contributed by atoms with Crippen LogP contribution in [0.25, 0.3) is 0 Å². The molecule has 5 heteroatoms. The molecule has 0 spiro atoms. The van der Waals surface area contributed by atoms with E-state index >= 15 is 0 Å². The number of thiocarbonyl (C=S) groups is 1. The van der Waals surface area contributed by atoms with E-state index in [1.165, 1.54) is 6.07 Å². The molecule has 0 saturated carbocycles. The lowest BCUT2D eigenvalue weighted by atomic mass is 10.1. The zero-order chi connectivity index (χ0) is 14.4. The lowest BCUT2D eigenvalue weighted by Gasteiger charge is -2.26. The molecule has 19 heavy (non-hydrogen) atoms. The van der Waals surface area contributed by atoms with E-state index in [1.54, 1.807) is 12.1 Å². The van der Waals surface area contributed by atoms with Crippen LogP contribution in [0.5, 0.6) is 0 Å². The van der Waals surface area contributed by atoms with Gasteiger partial charge < -0.3 is 5.73 Å². The second-order valence-electron chi connectivity index (χ2n) is 4.60. The molecular formula is C14H21FN2S2. The van der Waals surface area contributed by atoms with Gasteiger partial charge in [-0.2, -0.15) is 11.8 Å². The first kappa shape index (κ1) is 16.4. The summed E-state index contributed by atoms with van der Waals surface area (Å²) in [6.07, 6.45) is 3.14. The van der Waals surface area contributed by atoms with Crippen molar-refractivity contribution in [2.24, 2.45) is 5.73 Å². The maximum absolute atomic E-state index is 13.8. The van der Waals surface area contributed by atoms with Crippen LogP contribution in [0, 0.1) is 5.82 Å². The molecule has 0 fully saturated rings. The van der Waals surface area contributed by atoms with Crippen molar-refractivity contribution in [3.05, 3.63) is 35.1 Å². The van der Waals surface area contributed by atoms with Crippen LogP contribution in [0.15, 0.2) is 18.2 Å². The smallest absolute Gasteiger partial charge is 0.127 e. The van der Waals surface area contributed by atoms with E-state index in [-0.39, 0.29) is 5.82 Å². The van der Waals surface area contributed by atoms with E-state index in [9.17, 15) is 4.39 Å². The minimum absolute atomic E-state index is 0.203. The maximum Gasteiger partial charge on any atom is 0.127 e. The molecule has 0 saturated heterocycles. The summed E-state index contributed by atoms with van der Waals surface area (Å²) >= 11 is 6.74. The third kappa shape index (κ3) is 4.75. The van der Waals surface area contributed by atoms with Gasteiger partial charge in [-0.25, -0.2) is 4.39 Å².